The third kappa shape index (κ3) is 6.08. The number of sulfonamides is 1. The van der Waals surface area contributed by atoms with Crippen molar-refractivity contribution in [2.45, 2.75) is 51.2 Å². The maximum Gasteiger partial charge on any atom is 0.265 e. The quantitative estimate of drug-likeness (QED) is 0.724. The molecule has 0 aliphatic carbocycles. The summed E-state index contributed by atoms with van der Waals surface area (Å²) in [6, 6.07) is 13.4. The Labute approximate surface area is 161 Å². The largest absolute Gasteiger partial charge is 0.481 e. The molecule has 0 saturated carbocycles. The van der Waals surface area contributed by atoms with E-state index in [2.05, 4.69) is 17.0 Å². The standard InChI is InChI=1S/C20H26N2O4S/c1-5-16-6-10-18(11-7-16)26-15(4)20(23)21-17-8-12-19(13-9-17)27(24,25)22-14(2)3/h6-15,22H,5H2,1-4H3,(H,21,23)/t15-/m0/s1. The van der Waals surface area contributed by atoms with Crippen molar-refractivity contribution in [3.8, 4) is 5.75 Å². The lowest BCUT2D eigenvalue weighted by atomic mass is 10.2. The van der Waals surface area contributed by atoms with Crippen LogP contribution >= 0.6 is 0 Å². The van der Waals surface area contributed by atoms with E-state index in [-0.39, 0.29) is 16.8 Å². The van der Waals surface area contributed by atoms with Crippen LogP contribution < -0.4 is 14.8 Å². The number of nitrogens with one attached hydrogen (secondary N) is 2. The average Bonchev–Trinajstić information content (AvgIpc) is 2.61. The smallest absolute Gasteiger partial charge is 0.265 e. The summed E-state index contributed by atoms with van der Waals surface area (Å²) in [5, 5.41) is 2.72. The normalized spacial score (nSPS) is 12.6. The van der Waals surface area contributed by atoms with Crippen LogP contribution in [0.3, 0.4) is 0 Å². The van der Waals surface area contributed by atoms with Gasteiger partial charge in [-0.05, 0) is 69.2 Å². The predicted molar refractivity (Wildman–Crippen MR) is 106 cm³/mol. The molecule has 0 saturated heterocycles. The lowest BCUT2D eigenvalue weighted by Gasteiger charge is -2.15. The molecule has 1 amide bonds. The number of carbonyl (C=O) groups is 1. The first-order valence-corrected chi connectivity index (χ1v) is 10.4. The third-order valence-electron chi connectivity index (χ3n) is 3.84. The zero-order chi connectivity index (χ0) is 20.0. The summed E-state index contributed by atoms with van der Waals surface area (Å²) in [6.45, 7) is 7.24. The van der Waals surface area contributed by atoms with E-state index in [1.807, 2.05) is 24.3 Å². The van der Waals surface area contributed by atoms with Gasteiger partial charge in [0.25, 0.3) is 5.91 Å². The fourth-order valence-electron chi connectivity index (χ4n) is 2.40. The third-order valence-corrected chi connectivity index (χ3v) is 5.51. The predicted octanol–water partition coefficient (Wildman–Crippen LogP) is 3.34. The van der Waals surface area contributed by atoms with E-state index in [0.717, 1.165) is 6.42 Å². The van der Waals surface area contributed by atoms with Crippen molar-refractivity contribution in [3.63, 3.8) is 0 Å². The molecule has 0 radical (unpaired) electrons. The number of rotatable bonds is 8. The number of amides is 1. The minimum atomic E-state index is -3.56. The molecular weight excluding hydrogens is 364 g/mol. The topological polar surface area (TPSA) is 84.5 Å². The Morgan fingerprint density at radius 1 is 1.00 bits per heavy atom. The molecule has 0 unspecified atom stereocenters. The van der Waals surface area contributed by atoms with Crippen molar-refractivity contribution < 1.29 is 17.9 Å². The monoisotopic (exact) mass is 390 g/mol. The Kier molecular flexibility index (Phi) is 6.98. The van der Waals surface area contributed by atoms with E-state index < -0.39 is 16.1 Å². The minimum Gasteiger partial charge on any atom is -0.481 e. The van der Waals surface area contributed by atoms with E-state index in [4.69, 9.17) is 4.74 Å². The number of aryl methyl sites for hydroxylation is 1. The second-order valence-electron chi connectivity index (χ2n) is 6.55. The van der Waals surface area contributed by atoms with Crippen LogP contribution in [0.1, 0.15) is 33.3 Å². The van der Waals surface area contributed by atoms with Gasteiger partial charge in [-0.2, -0.15) is 0 Å². The summed E-state index contributed by atoms with van der Waals surface area (Å²) in [7, 11) is -3.56. The Bertz CT molecular complexity index is 860. The first kappa shape index (κ1) is 20.9. The fraction of sp³-hybridized carbons (Fsp3) is 0.350. The number of carbonyl (C=O) groups excluding carboxylic acids is 1. The first-order chi connectivity index (χ1) is 12.7. The molecule has 0 heterocycles. The molecule has 146 valence electrons. The molecule has 2 rings (SSSR count). The molecule has 0 fully saturated rings. The van der Waals surface area contributed by atoms with Gasteiger partial charge >= 0.3 is 0 Å². The van der Waals surface area contributed by atoms with E-state index in [0.29, 0.717) is 11.4 Å². The van der Waals surface area contributed by atoms with Crippen molar-refractivity contribution >= 4 is 21.6 Å². The summed E-state index contributed by atoms with van der Waals surface area (Å²) in [4.78, 5) is 12.4. The number of ether oxygens (including phenoxy) is 1. The molecule has 27 heavy (non-hydrogen) atoms. The van der Waals surface area contributed by atoms with Crippen LogP contribution in [-0.2, 0) is 21.2 Å². The van der Waals surface area contributed by atoms with Gasteiger partial charge < -0.3 is 10.1 Å². The fourth-order valence-corrected chi connectivity index (χ4v) is 3.65. The Hall–Kier alpha value is -2.38. The highest BCUT2D eigenvalue weighted by molar-refractivity contribution is 7.89. The second-order valence-corrected chi connectivity index (χ2v) is 8.26. The summed E-state index contributed by atoms with van der Waals surface area (Å²) in [6.07, 6.45) is 0.248. The van der Waals surface area contributed by atoms with Gasteiger partial charge in [0.2, 0.25) is 10.0 Å². The van der Waals surface area contributed by atoms with Crippen molar-refractivity contribution in [1.29, 1.82) is 0 Å². The highest BCUT2D eigenvalue weighted by Crippen LogP contribution is 2.17. The van der Waals surface area contributed by atoms with Gasteiger partial charge in [-0.25, -0.2) is 13.1 Å². The Morgan fingerprint density at radius 3 is 2.11 bits per heavy atom. The van der Waals surface area contributed by atoms with Crippen molar-refractivity contribution in [2.75, 3.05) is 5.32 Å². The van der Waals surface area contributed by atoms with Crippen LogP contribution in [0.2, 0.25) is 0 Å². The van der Waals surface area contributed by atoms with Gasteiger partial charge in [-0.15, -0.1) is 0 Å². The SMILES string of the molecule is CCc1ccc(O[C@@H](C)C(=O)Nc2ccc(S(=O)(=O)NC(C)C)cc2)cc1. The summed E-state index contributed by atoms with van der Waals surface area (Å²) in [5.74, 6) is 0.307. The van der Waals surface area contributed by atoms with Crippen LogP contribution in [0.15, 0.2) is 53.4 Å². The minimum absolute atomic E-state index is 0.148. The van der Waals surface area contributed by atoms with Crippen molar-refractivity contribution in [3.05, 3.63) is 54.1 Å². The zero-order valence-corrected chi connectivity index (χ0v) is 16.8. The molecule has 0 bridgehead atoms. The maximum atomic E-state index is 12.3. The van der Waals surface area contributed by atoms with Crippen LogP contribution in [0.25, 0.3) is 0 Å². The average molecular weight is 391 g/mol. The molecule has 2 N–H and O–H groups in total. The lowest BCUT2D eigenvalue weighted by Crippen LogP contribution is -2.31. The molecule has 0 aromatic heterocycles. The van der Waals surface area contributed by atoms with Crippen molar-refractivity contribution in [1.82, 2.24) is 4.72 Å². The summed E-state index contributed by atoms with van der Waals surface area (Å²) in [5.41, 5.74) is 1.70. The molecule has 0 spiro atoms. The molecule has 2 aromatic carbocycles. The van der Waals surface area contributed by atoms with Crippen LogP contribution in [-0.4, -0.2) is 26.5 Å². The number of hydrogen-bond acceptors (Lipinski definition) is 4. The zero-order valence-electron chi connectivity index (χ0n) is 16.0. The second kappa shape index (κ2) is 9.01. The number of anilines is 1. The van der Waals surface area contributed by atoms with Gasteiger partial charge in [0, 0.05) is 11.7 Å². The van der Waals surface area contributed by atoms with Crippen LogP contribution in [0.4, 0.5) is 5.69 Å². The van der Waals surface area contributed by atoms with E-state index in [1.165, 1.54) is 17.7 Å². The molecule has 7 heteroatoms. The first-order valence-electron chi connectivity index (χ1n) is 8.90. The molecule has 0 aliphatic rings. The lowest BCUT2D eigenvalue weighted by molar-refractivity contribution is -0.122. The Morgan fingerprint density at radius 2 is 1.59 bits per heavy atom. The summed E-state index contributed by atoms with van der Waals surface area (Å²) < 4.78 is 32.4. The molecular formula is C20H26N2O4S. The van der Waals surface area contributed by atoms with E-state index >= 15 is 0 Å². The summed E-state index contributed by atoms with van der Waals surface area (Å²) >= 11 is 0. The van der Waals surface area contributed by atoms with E-state index in [1.54, 1.807) is 32.9 Å². The van der Waals surface area contributed by atoms with Crippen LogP contribution in [0, 0.1) is 0 Å². The molecule has 2 aromatic rings. The van der Waals surface area contributed by atoms with Gasteiger partial charge in [0.05, 0.1) is 4.90 Å². The van der Waals surface area contributed by atoms with Crippen molar-refractivity contribution in [2.24, 2.45) is 0 Å². The van der Waals surface area contributed by atoms with Crippen LogP contribution in [0.5, 0.6) is 5.75 Å². The number of benzene rings is 2. The Balaban J connectivity index is 1.98. The number of hydrogen-bond donors (Lipinski definition) is 2. The van der Waals surface area contributed by atoms with E-state index in [9.17, 15) is 13.2 Å². The van der Waals surface area contributed by atoms with Gasteiger partial charge in [-0.1, -0.05) is 19.1 Å². The maximum absolute atomic E-state index is 12.3. The van der Waals surface area contributed by atoms with Gasteiger partial charge in [0.1, 0.15) is 5.75 Å². The van der Waals surface area contributed by atoms with Gasteiger partial charge in [0.15, 0.2) is 6.10 Å². The molecule has 1 atom stereocenters. The highest BCUT2D eigenvalue weighted by atomic mass is 32.2. The van der Waals surface area contributed by atoms with Gasteiger partial charge in [-0.3, -0.25) is 4.79 Å². The molecule has 6 nitrogen and oxygen atoms in total. The molecule has 0 aliphatic heterocycles. The highest BCUT2D eigenvalue weighted by Gasteiger charge is 2.17.